The largest absolute Gasteiger partial charge is 1.00 e. The first-order valence-electron chi connectivity index (χ1n) is 3.81. The van der Waals surface area contributed by atoms with Crippen molar-refractivity contribution in [1.82, 2.24) is 15.3 Å². The van der Waals surface area contributed by atoms with Gasteiger partial charge in [0.1, 0.15) is 5.69 Å². The topological polar surface area (TPSA) is 135 Å². The first-order valence-corrected chi connectivity index (χ1v) is 3.81. The van der Waals surface area contributed by atoms with Gasteiger partial charge in [-0.1, -0.05) is 0 Å². The van der Waals surface area contributed by atoms with Crippen molar-refractivity contribution in [2.45, 2.75) is 0 Å². The third kappa shape index (κ3) is 4.16. The quantitative estimate of drug-likeness (QED) is 0.434. The fourth-order valence-corrected chi connectivity index (χ4v) is 0.839. The molecule has 0 saturated carbocycles. The third-order valence-corrected chi connectivity index (χ3v) is 1.40. The van der Waals surface area contributed by atoms with E-state index in [-0.39, 0.29) is 24.6 Å². The number of carbonyl (C=O) groups excluding carboxylic acids is 2. The summed E-state index contributed by atoms with van der Waals surface area (Å²) in [6, 6.07) is 0.839. The molecule has 8 nitrogen and oxygen atoms in total. The number of carboxylic acid groups (broad SMARTS) is 1. The van der Waals surface area contributed by atoms with E-state index in [1.165, 1.54) is 0 Å². The van der Waals surface area contributed by atoms with E-state index < -0.39 is 29.7 Å². The molecule has 0 aliphatic carbocycles. The van der Waals surface area contributed by atoms with Gasteiger partial charge in [-0.25, -0.2) is 4.79 Å². The normalized spacial score (nSPS) is 9.00. The van der Waals surface area contributed by atoms with Crippen LogP contribution >= 0.6 is 0 Å². The summed E-state index contributed by atoms with van der Waals surface area (Å²) in [6.07, 6.45) is 0. The molecule has 1 amide bonds. The maximum Gasteiger partial charge on any atom is 1.00 e. The molecular formula is C7H6LiN3O5. The number of carboxylic acids is 1. The van der Waals surface area contributed by atoms with E-state index in [4.69, 9.17) is 0 Å². The molecule has 0 radical (unpaired) electrons. The van der Waals surface area contributed by atoms with Crippen molar-refractivity contribution in [1.29, 1.82) is 0 Å². The van der Waals surface area contributed by atoms with Crippen LogP contribution in [0.4, 0.5) is 0 Å². The Balaban J connectivity index is 0.00000225. The van der Waals surface area contributed by atoms with Crippen LogP contribution in [0.15, 0.2) is 15.7 Å². The summed E-state index contributed by atoms with van der Waals surface area (Å²) in [4.78, 5) is 46.5. The number of hydrogen-bond donors (Lipinski definition) is 3. The van der Waals surface area contributed by atoms with Gasteiger partial charge in [0.2, 0.25) is 0 Å². The summed E-state index contributed by atoms with van der Waals surface area (Å²) in [7, 11) is 0. The summed E-state index contributed by atoms with van der Waals surface area (Å²) >= 11 is 0. The molecule has 16 heavy (non-hydrogen) atoms. The minimum absolute atomic E-state index is 0. The number of aromatic amines is 2. The van der Waals surface area contributed by atoms with Gasteiger partial charge in [-0.2, -0.15) is 0 Å². The maximum atomic E-state index is 11.1. The van der Waals surface area contributed by atoms with E-state index in [1.54, 1.807) is 0 Å². The first-order chi connectivity index (χ1) is 6.99. The average molecular weight is 219 g/mol. The monoisotopic (exact) mass is 219 g/mol. The van der Waals surface area contributed by atoms with Crippen LogP contribution in [0.3, 0.4) is 0 Å². The zero-order chi connectivity index (χ0) is 11.4. The Morgan fingerprint density at radius 1 is 1.31 bits per heavy atom. The predicted molar refractivity (Wildman–Crippen MR) is 45.0 cm³/mol. The van der Waals surface area contributed by atoms with Gasteiger partial charge in [0.25, 0.3) is 11.5 Å². The van der Waals surface area contributed by atoms with Crippen LogP contribution in [-0.4, -0.2) is 28.4 Å². The molecule has 1 heterocycles. The number of hydrogen-bond acceptors (Lipinski definition) is 5. The number of rotatable bonds is 3. The van der Waals surface area contributed by atoms with Crippen molar-refractivity contribution in [3.8, 4) is 0 Å². The zero-order valence-electron chi connectivity index (χ0n) is 8.33. The molecule has 3 N–H and O–H groups in total. The van der Waals surface area contributed by atoms with Crippen molar-refractivity contribution >= 4 is 11.9 Å². The molecule has 1 aromatic rings. The Bertz CT molecular complexity index is 477. The van der Waals surface area contributed by atoms with Crippen molar-refractivity contribution in [2.75, 3.05) is 6.54 Å². The van der Waals surface area contributed by atoms with Gasteiger partial charge < -0.3 is 20.2 Å². The van der Waals surface area contributed by atoms with Crippen LogP contribution in [0.1, 0.15) is 10.5 Å². The molecule has 0 atom stereocenters. The Kier molecular flexibility index (Phi) is 5.28. The molecule has 9 heteroatoms. The molecule has 0 aliphatic rings. The predicted octanol–water partition coefficient (Wildman–Crippen LogP) is -6.45. The molecule has 0 aliphatic heterocycles. The number of amides is 1. The second-order valence-electron chi connectivity index (χ2n) is 2.56. The standard InChI is InChI=1S/C7H7N3O5.Li/c11-4-1-3(9-7(15)10-4)6(14)8-2-5(12)13;/h1H,2H2,(H,8,14)(H,12,13)(H2,9,10,11,15);/q;+1/p-1. The Labute approximate surface area is 100 Å². The molecule has 1 aromatic heterocycles. The van der Waals surface area contributed by atoms with Gasteiger partial charge >= 0.3 is 24.6 Å². The van der Waals surface area contributed by atoms with Gasteiger partial charge in [0, 0.05) is 6.07 Å². The summed E-state index contributed by atoms with van der Waals surface area (Å²) in [5, 5.41) is 11.9. The molecule has 0 spiro atoms. The fourth-order valence-electron chi connectivity index (χ4n) is 0.839. The van der Waals surface area contributed by atoms with Gasteiger partial charge in [0.05, 0.1) is 12.5 Å². The first kappa shape index (κ1) is 14.2. The number of aliphatic carboxylic acids is 1. The molecule has 80 valence electrons. The van der Waals surface area contributed by atoms with Crippen LogP contribution in [0.25, 0.3) is 0 Å². The summed E-state index contributed by atoms with van der Waals surface area (Å²) in [6.45, 7) is -0.701. The van der Waals surface area contributed by atoms with Crippen molar-refractivity contribution in [3.63, 3.8) is 0 Å². The summed E-state index contributed by atoms with van der Waals surface area (Å²) in [5.74, 6) is -2.35. The molecular weight excluding hydrogens is 213 g/mol. The second-order valence-corrected chi connectivity index (χ2v) is 2.56. The molecule has 0 aromatic carbocycles. The van der Waals surface area contributed by atoms with E-state index in [0.29, 0.717) is 0 Å². The average Bonchev–Trinajstić information content (AvgIpc) is 2.12. The molecule has 0 unspecified atom stereocenters. The van der Waals surface area contributed by atoms with Crippen LogP contribution < -0.4 is 40.5 Å². The minimum Gasteiger partial charge on any atom is -0.548 e. The van der Waals surface area contributed by atoms with Gasteiger partial charge in [-0.15, -0.1) is 0 Å². The van der Waals surface area contributed by atoms with Crippen molar-refractivity contribution in [3.05, 3.63) is 32.6 Å². The number of carbonyl (C=O) groups is 2. The molecule has 0 fully saturated rings. The van der Waals surface area contributed by atoms with Crippen LogP contribution in [-0.2, 0) is 4.79 Å². The SMILES string of the molecule is O=C([O-])CNC(=O)c1cc(=O)[nH]c(=O)[nH]1.[Li+]. The Morgan fingerprint density at radius 2 is 1.94 bits per heavy atom. The van der Waals surface area contributed by atoms with E-state index in [9.17, 15) is 24.3 Å². The van der Waals surface area contributed by atoms with Crippen LogP contribution in [0, 0.1) is 0 Å². The summed E-state index contributed by atoms with van der Waals surface area (Å²) < 4.78 is 0. The minimum atomic E-state index is -1.48. The van der Waals surface area contributed by atoms with Gasteiger partial charge in [-0.05, 0) is 0 Å². The zero-order valence-corrected chi connectivity index (χ0v) is 8.33. The summed E-state index contributed by atoms with van der Waals surface area (Å²) in [5.41, 5.74) is -1.91. The maximum absolute atomic E-state index is 11.1. The fraction of sp³-hybridized carbons (Fsp3) is 0.143. The number of aromatic nitrogens is 2. The Hall–Kier alpha value is -1.78. The molecule has 1 rings (SSSR count). The van der Waals surface area contributed by atoms with Gasteiger partial charge in [-0.3, -0.25) is 14.6 Å². The van der Waals surface area contributed by atoms with Gasteiger partial charge in [0.15, 0.2) is 0 Å². The number of nitrogens with one attached hydrogen (secondary N) is 3. The smallest absolute Gasteiger partial charge is 0.548 e. The Morgan fingerprint density at radius 3 is 2.44 bits per heavy atom. The van der Waals surface area contributed by atoms with E-state index >= 15 is 0 Å². The van der Waals surface area contributed by atoms with E-state index in [2.05, 4.69) is 0 Å². The van der Waals surface area contributed by atoms with E-state index in [0.717, 1.165) is 6.07 Å². The van der Waals surface area contributed by atoms with Crippen molar-refractivity contribution < 1.29 is 33.6 Å². The molecule has 0 bridgehead atoms. The second kappa shape index (κ2) is 5.94. The van der Waals surface area contributed by atoms with Crippen LogP contribution in [0.5, 0.6) is 0 Å². The third-order valence-electron chi connectivity index (χ3n) is 1.40. The molecule has 0 saturated heterocycles. The number of H-pyrrole nitrogens is 2. The van der Waals surface area contributed by atoms with E-state index in [1.807, 2.05) is 15.3 Å². The van der Waals surface area contributed by atoms with Crippen LogP contribution in [0.2, 0.25) is 0 Å². The van der Waals surface area contributed by atoms with Crippen molar-refractivity contribution in [2.24, 2.45) is 0 Å².